The molecule has 0 heterocycles. The molecule has 0 spiro atoms. The van der Waals surface area contributed by atoms with Gasteiger partial charge in [-0.1, -0.05) is 12.1 Å². The Morgan fingerprint density at radius 3 is 2.77 bits per heavy atom. The monoisotopic (exact) mass is 317 g/mol. The van der Waals surface area contributed by atoms with Crippen LogP contribution in [-0.4, -0.2) is 15.1 Å². The Morgan fingerprint density at radius 1 is 1.32 bits per heavy atom. The first-order valence-corrected chi connectivity index (χ1v) is 6.94. The number of aryl methyl sites for hydroxylation is 1. The predicted octanol–water partition coefficient (Wildman–Crippen LogP) is 3.10. The van der Waals surface area contributed by atoms with Gasteiger partial charge in [-0.25, -0.2) is 0 Å². The Bertz CT molecular complexity index is 719. The van der Waals surface area contributed by atoms with Crippen LogP contribution in [0.3, 0.4) is 0 Å². The molecular weight excluding hydrogens is 302 g/mol. The number of nitro benzene ring substituents is 1. The molecule has 114 valence electrons. The molecule has 0 aliphatic heterocycles. The molecular formula is C15H15N3O3S. The summed E-state index contributed by atoms with van der Waals surface area (Å²) in [4.78, 5) is 10.2. The maximum Gasteiger partial charge on any atom is 0.270 e. The van der Waals surface area contributed by atoms with E-state index in [2.05, 4.69) is 10.6 Å². The second-order valence-electron chi connectivity index (χ2n) is 4.75. The van der Waals surface area contributed by atoms with Gasteiger partial charge in [0.25, 0.3) is 5.69 Å². The minimum absolute atomic E-state index is 0.0172. The lowest BCUT2D eigenvalue weighted by atomic mass is 10.2. The van der Waals surface area contributed by atoms with E-state index in [4.69, 9.17) is 12.2 Å². The van der Waals surface area contributed by atoms with Gasteiger partial charge in [0.1, 0.15) is 5.75 Å². The van der Waals surface area contributed by atoms with E-state index in [0.717, 1.165) is 11.3 Å². The zero-order valence-electron chi connectivity index (χ0n) is 11.9. The summed E-state index contributed by atoms with van der Waals surface area (Å²) < 4.78 is 0. The molecule has 0 saturated carbocycles. The number of aromatic hydroxyl groups is 1. The van der Waals surface area contributed by atoms with Gasteiger partial charge in [0.2, 0.25) is 0 Å². The molecule has 2 aromatic rings. The van der Waals surface area contributed by atoms with Crippen LogP contribution >= 0.6 is 12.2 Å². The fraction of sp³-hybridized carbons (Fsp3) is 0.133. The molecule has 0 atom stereocenters. The lowest BCUT2D eigenvalue weighted by molar-refractivity contribution is -0.384. The molecule has 3 N–H and O–H groups in total. The maximum atomic E-state index is 10.7. The number of rotatable bonds is 4. The average molecular weight is 317 g/mol. The molecule has 0 radical (unpaired) electrons. The van der Waals surface area contributed by atoms with Crippen LogP contribution in [0.4, 0.5) is 11.4 Å². The van der Waals surface area contributed by atoms with Crippen LogP contribution in [0.1, 0.15) is 11.1 Å². The fourth-order valence-corrected chi connectivity index (χ4v) is 2.09. The Labute approximate surface area is 132 Å². The van der Waals surface area contributed by atoms with E-state index in [1.165, 1.54) is 18.2 Å². The number of hydrogen-bond donors (Lipinski definition) is 3. The number of hydrogen-bond acceptors (Lipinski definition) is 4. The Hall–Kier alpha value is -2.67. The lowest BCUT2D eigenvalue weighted by Gasteiger charge is -2.11. The van der Waals surface area contributed by atoms with Crippen molar-refractivity contribution < 1.29 is 10.0 Å². The van der Waals surface area contributed by atoms with Gasteiger partial charge >= 0.3 is 0 Å². The maximum absolute atomic E-state index is 10.7. The molecule has 22 heavy (non-hydrogen) atoms. The second kappa shape index (κ2) is 6.86. The summed E-state index contributed by atoms with van der Waals surface area (Å²) >= 11 is 5.17. The molecule has 0 bridgehead atoms. The van der Waals surface area contributed by atoms with Crippen molar-refractivity contribution in [2.24, 2.45) is 0 Å². The van der Waals surface area contributed by atoms with Crippen molar-refractivity contribution in [3.8, 4) is 5.75 Å². The lowest BCUT2D eigenvalue weighted by Crippen LogP contribution is -2.27. The third-order valence-corrected chi connectivity index (χ3v) is 3.24. The molecule has 2 rings (SSSR count). The average Bonchev–Trinajstić information content (AvgIpc) is 2.46. The molecule has 2 aromatic carbocycles. The summed E-state index contributed by atoms with van der Waals surface area (Å²) in [5.41, 5.74) is 2.28. The first-order valence-electron chi connectivity index (χ1n) is 6.53. The van der Waals surface area contributed by atoms with E-state index in [-0.39, 0.29) is 18.0 Å². The SMILES string of the molecule is Cc1cccc(NC(=S)NCc2cc([N+](=O)[O-])ccc2O)c1. The number of nitro groups is 1. The van der Waals surface area contributed by atoms with Crippen LogP contribution in [0.25, 0.3) is 0 Å². The standard InChI is InChI=1S/C15H15N3O3S/c1-10-3-2-4-12(7-10)17-15(22)16-9-11-8-13(18(20)21)5-6-14(11)19/h2-8,19H,9H2,1H3,(H2,16,17,22). The van der Waals surface area contributed by atoms with Crippen LogP contribution in [-0.2, 0) is 6.54 Å². The number of thiocarbonyl (C=S) groups is 1. The van der Waals surface area contributed by atoms with E-state index in [0.29, 0.717) is 10.7 Å². The number of nitrogens with zero attached hydrogens (tertiary/aromatic N) is 1. The highest BCUT2D eigenvalue weighted by molar-refractivity contribution is 7.80. The number of phenols is 1. The third-order valence-electron chi connectivity index (χ3n) is 2.99. The van der Waals surface area contributed by atoms with Crippen LogP contribution in [0.15, 0.2) is 42.5 Å². The van der Waals surface area contributed by atoms with Gasteiger partial charge in [-0.2, -0.15) is 0 Å². The van der Waals surface area contributed by atoms with Gasteiger partial charge in [0.15, 0.2) is 5.11 Å². The largest absolute Gasteiger partial charge is 0.508 e. The number of benzene rings is 2. The van der Waals surface area contributed by atoms with E-state index in [1.54, 1.807) is 0 Å². The fourth-order valence-electron chi connectivity index (χ4n) is 1.90. The zero-order chi connectivity index (χ0) is 16.1. The van der Waals surface area contributed by atoms with E-state index < -0.39 is 4.92 Å². The van der Waals surface area contributed by atoms with E-state index in [1.807, 2.05) is 31.2 Å². The summed E-state index contributed by atoms with van der Waals surface area (Å²) in [6.45, 7) is 2.16. The van der Waals surface area contributed by atoms with Crippen molar-refractivity contribution in [2.75, 3.05) is 5.32 Å². The molecule has 6 nitrogen and oxygen atoms in total. The molecule has 0 fully saturated rings. The van der Waals surface area contributed by atoms with Gasteiger partial charge in [-0.15, -0.1) is 0 Å². The first kappa shape index (κ1) is 15.7. The van der Waals surface area contributed by atoms with E-state index in [9.17, 15) is 15.2 Å². The normalized spacial score (nSPS) is 10.0. The molecule has 7 heteroatoms. The quantitative estimate of drug-likeness (QED) is 0.456. The highest BCUT2D eigenvalue weighted by Crippen LogP contribution is 2.22. The topological polar surface area (TPSA) is 87.4 Å². The first-order chi connectivity index (χ1) is 10.5. The minimum Gasteiger partial charge on any atom is -0.508 e. The van der Waals surface area contributed by atoms with Gasteiger partial charge in [0.05, 0.1) is 4.92 Å². The van der Waals surface area contributed by atoms with Gasteiger partial charge < -0.3 is 15.7 Å². The van der Waals surface area contributed by atoms with Crippen molar-refractivity contribution in [1.29, 1.82) is 0 Å². The van der Waals surface area contributed by atoms with Crippen LogP contribution in [0.5, 0.6) is 5.75 Å². The summed E-state index contributed by atoms with van der Waals surface area (Å²) in [5, 5.41) is 26.8. The van der Waals surface area contributed by atoms with Crippen molar-refractivity contribution >= 4 is 28.7 Å². The third kappa shape index (κ3) is 4.16. The molecule has 0 unspecified atom stereocenters. The summed E-state index contributed by atoms with van der Waals surface area (Å²) in [5.74, 6) is -0.0172. The molecule has 0 aliphatic rings. The molecule has 0 aromatic heterocycles. The Balaban J connectivity index is 1.99. The number of anilines is 1. The number of non-ortho nitro benzene ring substituents is 1. The van der Waals surface area contributed by atoms with Gasteiger partial charge in [0, 0.05) is 29.9 Å². The zero-order valence-corrected chi connectivity index (χ0v) is 12.7. The molecule has 0 aliphatic carbocycles. The van der Waals surface area contributed by atoms with E-state index >= 15 is 0 Å². The van der Waals surface area contributed by atoms with Crippen LogP contribution < -0.4 is 10.6 Å². The highest BCUT2D eigenvalue weighted by Gasteiger charge is 2.10. The van der Waals surface area contributed by atoms with Gasteiger partial charge in [-0.3, -0.25) is 10.1 Å². The highest BCUT2D eigenvalue weighted by atomic mass is 32.1. The molecule has 0 amide bonds. The predicted molar refractivity (Wildman–Crippen MR) is 89.0 cm³/mol. The van der Waals surface area contributed by atoms with Crippen molar-refractivity contribution in [2.45, 2.75) is 13.5 Å². The van der Waals surface area contributed by atoms with Crippen LogP contribution in [0.2, 0.25) is 0 Å². The summed E-state index contributed by atoms with van der Waals surface area (Å²) in [6.07, 6.45) is 0. The van der Waals surface area contributed by atoms with Gasteiger partial charge in [-0.05, 0) is 42.9 Å². The number of nitrogens with one attached hydrogen (secondary N) is 2. The smallest absolute Gasteiger partial charge is 0.270 e. The second-order valence-corrected chi connectivity index (χ2v) is 5.16. The summed E-state index contributed by atoms with van der Waals surface area (Å²) in [6, 6.07) is 11.6. The van der Waals surface area contributed by atoms with Crippen molar-refractivity contribution in [3.05, 3.63) is 63.7 Å². The Morgan fingerprint density at radius 2 is 2.09 bits per heavy atom. The molecule has 0 saturated heterocycles. The number of phenolic OH excluding ortho intramolecular Hbond substituents is 1. The van der Waals surface area contributed by atoms with Crippen LogP contribution in [0, 0.1) is 17.0 Å². The minimum atomic E-state index is -0.508. The van der Waals surface area contributed by atoms with Crippen molar-refractivity contribution in [3.63, 3.8) is 0 Å². The summed E-state index contributed by atoms with van der Waals surface area (Å²) in [7, 11) is 0. The van der Waals surface area contributed by atoms with Crippen molar-refractivity contribution in [1.82, 2.24) is 5.32 Å². The Kier molecular flexibility index (Phi) is 4.90.